The number of likely N-dealkylation sites (tertiary alicyclic amines) is 1. The normalized spacial score (nSPS) is 46.9. The summed E-state index contributed by atoms with van der Waals surface area (Å²) in [6.45, 7) is 8.43. The predicted octanol–water partition coefficient (Wildman–Crippen LogP) is 2.62. The lowest BCUT2D eigenvalue weighted by Crippen LogP contribution is -2.52. The van der Waals surface area contributed by atoms with Crippen LogP contribution in [0.3, 0.4) is 0 Å². The first-order valence-electron chi connectivity index (χ1n) is 7.07. The summed E-state index contributed by atoms with van der Waals surface area (Å²) < 4.78 is 0. The monoisotopic (exact) mass is 224 g/mol. The van der Waals surface area contributed by atoms with E-state index in [1.54, 1.807) is 0 Å². The van der Waals surface area contributed by atoms with Gasteiger partial charge in [0.25, 0.3) is 0 Å². The molecule has 0 aromatic heterocycles. The summed E-state index contributed by atoms with van der Waals surface area (Å²) in [5.74, 6) is 1.83. The molecule has 2 N–H and O–H groups in total. The first-order chi connectivity index (χ1) is 7.56. The molecule has 0 aromatic carbocycles. The van der Waals surface area contributed by atoms with Crippen molar-refractivity contribution in [1.82, 2.24) is 4.90 Å². The molecule has 4 atom stereocenters. The van der Waals surface area contributed by atoms with Crippen LogP contribution in [0.25, 0.3) is 0 Å². The molecule has 0 spiro atoms. The molecular formula is C14H28N2. The standard InChI is InChI=1S/C14H28N2/c1-10-6-11(2)8-14(7-10)16-5-4-13(15)9-12(16)3/h10-14H,4-9,15H2,1-3H3. The number of rotatable bonds is 1. The van der Waals surface area contributed by atoms with E-state index >= 15 is 0 Å². The van der Waals surface area contributed by atoms with Crippen molar-refractivity contribution in [2.45, 2.75) is 71.0 Å². The van der Waals surface area contributed by atoms with Crippen molar-refractivity contribution in [1.29, 1.82) is 0 Å². The molecule has 0 amide bonds. The quantitative estimate of drug-likeness (QED) is 0.742. The summed E-state index contributed by atoms with van der Waals surface area (Å²) in [6, 6.07) is 1.98. The fourth-order valence-electron chi connectivity index (χ4n) is 3.94. The van der Waals surface area contributed by atoms with Crippen LogP contribution in [0.5, 0.6) is 0 Å². The van der Waals surface area contributed by atoms with Crippen molar-refractivity contribution in [2.75, 3.05) is 6.54 Å². The summed E-state index contributed by atoms with van der Waals surface area (Å²) in [7, 11) is 0. The lowest BCUT2D eigenvalue weighted by atomic mass is 9.78. The third-order valence-corrected chi connectivity index (χ3v) is 4.59. The van der Waals surface area contributed by atoms with E-state index in [1.165, 1.54) is 38.6 Å². The molecular weight excluding hydrogens is 196 g/mol. The van der Waals surface area contributed by atoms with E-state index in [9.17, 15) is 0 Å². The van der Waals surface area contributed by atoms with Crippen LogP contribution in [0.15, 0.2) is 0 Å². The van der Waals surface area contributed by atoms with Crippen molar-refractivity contribution in [2.24, 2.45) is 17.6 Å². The number of hydrogen-bond donors (Lipinski definition) is 1. The summed E-state index contributed by atoms with van der Waals surface area (Å²) in [5, 5.41) is 0. The number of hydrogen-bond acceptors (Lipinski definition) is 2. The molecule has 2 aliphatic rings. The fraction of sp³-hybridized carbons (Fsp3) is 1.00. The van der Waals surface area contributed by atoms with Crippen molar-refractivity contribution in [3.63, 3.8) is 0 Å². The van der Waals surface area contributed by atoms with Crippen LogP contribution in [0.4, 0.5) is 0 Å². The topological polar surface area (TPSA) is 29.3 Å². The Balaban J connectivity index is 1.95. The van der Waals surface area contributed by atoms with Gasteiger partial charge in [-0.05, 0) is 50.9 Å². The third-order valence-electron chi connectivity index (χ3n) is 4.59. The zero-order chi connectivity index (χ0) is 11.7. The van der Waals surface area contributed by atoms with E-state index in [-0.39, 0.29) is 0 Å². The molecule has 1 heterocycles. The van der Waals surface area contributed by atoms with Gasteiger partial charge in [0.05, 0.1) is 0 Å². The van der Waals surface area contributed by atoms with Crippen LogP contribution < -0.4 is 5.73 Å². The number of piperidine rings is 1. The van der Waals surface area contributed by atoms with Gasteiger partial charge in [0.2, 0.25) is 0 Å². The van der Waals surface area contributed by atoms with E-state index in [0.29, 0.717) is 12.1 Å². The predicted molar refractivity (Wildman–Crippen MR) is 69.3 cm³/mol. The molecule has 1 saturated heterocycles. The van der Waals surface area contributed by atoms with Crippen molar-refractivity contribution >= 4 is 0 Å². The van der Waals surface area contributed by atoms with Gasteiger partial charge in [0.15, 0.2) is 0 Å². The number of nitrogens with two attached hydrogens (primary N) is 1. The van der Waals surface area contributed by atoms with Gasteiger partial charge < -0.3 is 5.73 Å². The van der Waals surface area contributed by atoms with Gasteiger partial charge in [0, 0.05) is 24.7 Å². The lowest BCUT2D eigenvalue weighted by molar-refractivity contribution is 0.0484. The van der Waals surface area contributed by atoms with Crippen molar-refractivity contribution in [3.05, 3.63) is 0 Å². The molecule has 2 heteroatoms. The highest BCUT2D eigenvalue weighted by Crippen LogP contribution is 2.34. The summed E-state index contributed by atoms with van der Waals surface area (Å²) in [6.07, 6.45) is 6.63. The van der Waals surface area contributed by atoms with Crippen molar-refractivity contribution < 1.29 is 0 Å². The molecule has 1 aliphatic heterocycles. The Morgan fingerprint density at radius 3 is 2.12 bits per heavy atom. The zero-order valence-corrected chi connectivity index (χ0v) is 11.2. The number of nitrogens with zero attached hydrogens (tertiary/aromatic N) is 1. The van der Waals surface area contributed by atoms with Crippen LogP contribution in [0.2, 0.25) is 0 Å². The average molecular weight is 224 g/mol. The molecule has 0 aromatic rings. The Morgan fingerprint density at radius 2 is 1.56 bits per heavy atom. The largest absolute Gasteiger partial charge is 0.328 e. The van der Waals surface area contributed by atoms with Gasteiger partial charge in [-0.15, -0.1) is 0 Å². The second-order valence-corrected chi connectivity index (χ2v) is 6.44. The van der Waals surface area contributed by atoms with Crippen LogP contribution >= 0.6 is 0 Å². The Labute approximate surface area is 101 Å². The summed E-state index contributed by atoms with van der Waals surface area (Å²) in [4.78, 5) is 2.75. The summed E-state index contributed by atoms with van der Waals surface area (Å²) >= 11 is 0. The maximum atomic E-state index is 6.04. The highest BCUT2D eigenvalue weighted by molar-refractivity contribution is 4.89. The Bertz CT molecular complexity index is 219. The molecule has 16 heavy (non-hydrogen) atoms. The smallest absolute Gasteiger partial charge is 0.0103 e. The lowest BCUT2D eigenvalue weighted by Gasteiger charge is -2.45. The molecule has 1 aliphatic carbocycles. The first kappa shape index (κ1) is 12.4. The van der Waals surface area contributed by atoms with Crippen molar-refractivity contribution in [3.8, 4) is 0 Å². The molecule has 2 rings (SSSR count). The van der Waals surface area contributed by atoms with E-state index in [4.69, 9.17) is 5.73 Å². The SMILES string of the molecule is CC1CC(C)CC(N2CCC(N)CC2C)C1. The molecule has 2 fully saturated rings. The van der Waals surface area contributed by atoms with Crippen LogP contribution in [-0.4, -0.2) is 29.6 Å². The minimum Gasteiger partial charge on any atom is -0.328 e. The van der Waals surface area contributed by atoms with Crippen LogP contribution in [0.1, 0.15) is 52.9 Å². The fourth-order valence-corrected chi connectivity index (χ4v) is 3.94. The van der Waals surface area contributed by atoms with Gasteiger partial charge in [0.1, 0.15) is 0 Å². The average Bonchev–Trinajstić information content (AvgIpc) is 2.15. The zero-order valence-electron chi connectivity index (χ0n) is 11.2. The maximum Gasteiger partial charge on any atom is 0.0103 e. The first-order valence-corrected chi connectivity index (χ1v) is 7.07. The molecule has 0 radical (unpaired) electrons. The van der Waals surface area contributed by atoms with Gasteiger partial charge in [-0.3, -0.25) is 4.90 Å². The Morgan fingerprint density at radius 1 is 0.938 bits per heavy atom. The third kappa shape index (κ3) is 2.78. The van der Waals surface area contributed by atoms with Gasteiger partial charge in [-0.25, -0.2) is 0 Å². The second-order valence-electron chi connectivity index (χ2n) is 6.44. The Kier molecular flexibility index (Phi) is 3.91. The maximum absolute atomic E-state index is 6.04. The Hall–Kier alpha value is -0.0800. The molecule has 0 bridgehead atoms. The molecule has 1 saturated carbocycles. The molecule has 94 valence electrons. The minimum absolute atomic E-state index is 0.449. The highest BCUT2D eigenvalue weighted by atomic mass is 15.2. The van der Waals surface area contributed by atoms with E-state index in [0.717, 1.165) is 17.9 Å². The summed E-state index contributed by atoms with van der Waals surface area (Å²) in [5.41, 5.74) is 6.04. The van der Waals surface area contributed by atoms with Crippen LogP contribution in [-0.2, 0) is 0 Å². The second kappa shape index (κ2) is 5.05. The van der Waals surface area contributed by atoms with E-state index in [2.05, 4.69) is 25.7 Å². The molecule has 2 nitrogen and oxygen atoms in total. The highest BCUT2D eigenvalue weighted by Gasteiger charge is 2.33. The minimum atomic E-state index is 0.449. The van der Waals surface area contributed by atoms with E-state index in [1.807, 2.05) is 0 Å². The van der Waals surface area contributed by atoms with Gasteiger partial charge >= 0.3 is 0 Å². The van der Waals surface area contributed by atoms with Crippen LogP contribution in [0, 0.1) is 11.8 Å². The van der Waals surface area contributed by atoms with Gasteiger partial charge in [-0.1, -0.05) is 13.8 Å². The molecule has 4 unspecified atom stereocenters. The van der Waals surface area contributed by atoms with E-state index < -0.39 is 0 Å². The van der Waals surface area contributed by atoms with Gasteiger partial charge in [-0.2, -0.15) is 0 Å².